The van der Waals surface area contributed by atoms with E-state index >= 15 is 0 Å². The summed E-state index contributed by atoms with van der Waals surface area (Å²) in [5.74, 6) is -0.416. The summed E-state index contributed by atoms with van der Waals surface area (Å²) in [5.41, 5.74) is 12.4. The van der Waals surface area contributed by atoms with Crippen molar-refractivity contribution < 1.29 is 57.3 Å². The second kappa shape index (κ2) is 56.0. The van der Waals surface area contributed by atoms with Crippen molar-refractivity contribution in [2.24, 2.45) is 15.7 Å². The minimum absolute atomic E-state index is 0.0155. The molecule has 0 atom stereocenters. The van der Waals surface area contributed by atoms with Gasteiger partial charge in [0.15, 0.2) is 10.3 Å². The van der Waals surface area contributed by atoms with Crippen LogP contribution in [0.25, 0.3) is 21.8 Å². The van der Waals surface area contributed by atoms with Crippen molar-refractivity contribution in [1.82, 2.24) is 38.2 Å². The highest BCUT2D eigenvalue weighted by Crippen LogP contribution is 2.22. The van der Waals surface area contributed by atoms with E-state index in [-0.39, 0.29) is 22.2 Å². The minimum Gasteiger partial charge on any atom is -0.478 e. The number of carboxylic acid groups (broad SMARTS) is 1. The van der Waals surface area contributed by atoms with Gasteiger partial charge < -0.3 is 69.3 Å². The van der Waals surface area contributed by atoms with Crippen molar-refractivity contribution in [1.29, 1.82) is 0 Å². The maximum absolute atomic E-state index is 12.9. The molecule has 0 amide bonds. The normalized spacial score (nSPS) is 10.4. The third-order valence-corrected chi connectivity index (χ3v) is 15.4. The van der Waals surface area contributed by atoms with E-state index in [0.29, 0.717) is 165 Å². The number of aromatic nitrogens is 8. The van der Waals surface area contributed by atoms with Gasteiger partial charge in [-0.05, 0) is 168 Å². The number of carboxylic acids is 1. The van der Waals surface area contributed by atoms with Crippen LogP contribution in [-0.2, 0) is 60.5 Å². The fraction of sp³-hybridized carbons (Fsp3) is 0.484. The van der Waals surface area contributed by atoms with Gasteiger partial charge in [-0.25, -0.2) is 34.7 Å². The number of rotatable bonds is 32. The van der Waals surface area contributed by atoms with Gasteiger partial charge in [0.05, 0.1) is 169 Å². The maximum atomic E-state index is 12.9. The van der Waals surface area contributed by atoms with Crippen molar-refractivity contribution in [3.8, 4) is 0 Å². The van der Waals surface area contributed by atoms with E-state index in [1.54, 1.807) is 103 Å². The number of benzene rings is 3. The largest absolute Gasteiger partial charge is 0.478 e. The lowest BCUT2D eigenvalue weighted by Gasteiger charge is -2.24. The Morgan fingerprint density at radius 2 is 1.02 bits per heavy atom. The quantitative estimate of drug-likeness (QED) is 0.00582. The van der Waals surface area contributed by atoms with E-state index in [0.717, 1.165) is 21.7 Å². The van der Waals surface area contributed by atoms with E-state index in [2.05, 4.69) is 110 Å². The number of fused-ring (bicyclic) bond motifs is 2. The number of aliphatic imine (C=N–C) groups is 2. The molecule has 34 heteroatoms. The van der Waals surface area contributed by atoms with Gasteiger partial charge in [0.1, 0.15) is 12.7 Å². The van der Waals surface area contributed by atoms with Crippen LogP contribution >= 0.6 is 116 Å². The van der Waals surface area contributed by atoms with Crippen molar-refractivity contribution in [2.75, 3.05) is 172 Å². The first-order chi connectivity index (χ1) is 46.3. The number of nitrogens with one attached hydrogen (secondary N) is 1. The number of nitrogens with two attached hydrogens (primary N) is 2. The molecule has 0 aliphatic heterocycles. The van der Waals surface area contributed by atoms with Crippen LogP contribution in [-0.4, -0.2) is 231 Å². The van der Waals surface area contributed by atoms with E-state index in [1.165, 1.54) is 17.8 Å². The average Bonchev–Trinajstić information content (AvgIpc) is 1.75. The summed E-state index contributed by atoms with van der Waals surface area (Å²) in [5, 5.41) is 19.1. The molecule has 0 saturated heterocycles. The number of ether oxygens (including phenoxy) is 10. The second-order valence-corrected chi connectivity index (χ2v) is 24.6. The number of aromatic carboxylic acids is 1. The molecule has 530 valence electrons. The summed E-state index contributed by atoms with van der Waals surface area (Å²) >= 11 is 21.7. The Kier molecular flexibility index (Phi) is 52.1. The van der Waals surface area contributed by atoms with Gasteiger partial charge in [-0.1, -0.05) is 30.0 Å². The maximum Gasteiger partial charge on any atom is 0.337 e. The molecule has 6 N–H and O–H groups in total. The zero-order valence-electron chi connectivity index (χ0n) is 55.5. The summed E-state index contributed by atoms with van der Waals surface area (Å²) in [6.07, 6.45) is 12.2. The first kappa shape index (κ1) is 89.2. The predicted molar refractivity (Wildman–Crippen MR) is 413 cm³/mol. The van der Waals surface area contributed by atoms with Crippen LogP contribution in [0.15, 0.2) is 117 Å². The highest BCUT2D eigenvalue weighted by molar-refractivity contribution is 14.1. The Bertz CT molecular complexity index is 3420. The topological polar surface area (TPSA) is 324 Å². The van der Waals surface area contributed by atoms with Crippen molar-refractivity contribution >= 4 is 171 Å². The van der Waals surface area contributed by atoms with Gasteiger partial charge in [-0.15, -0.1) is 0 Å². The summed E-state index contributed by atoms with van der Waals surface area (Å²) in [4.78, 5) is 60.4. The molecule has 0 unspecified atom stereocenters. The molecule has 7 aromatic rings. The monoisotopic (exact) mass is 1750 g/mol. The van der Waals surface area contributed by atoms with Crippen LogP contribution in [0.4, 0.5) is 11.6 Å². The Morgan fingerprint density at radius 1 is 0.615 bits per heavy atom. The summed E-state index contributed by atoms with van der Waals surface area (Å²) in [6, 6.07) is 16.2. The first-order valence-electron chi connectivity index (χ1n) is 29.4. The lowest BCUT2D eigenvalue weighted by atomic mass is 10.1. The fourth-order valence-electron chi connectivity index (χ4n) is 6.92. The van der Waals surface area contributed by atoms with Gasteiger partial charge in [-0.2, -0.15) is 0 Å². The van der Waals surface area contributed by atoms with E-state index in [9.17, 15) is 14.4 Å². The number of thiocarbonyl (C=S) groups is 3. The number of carbonyl (C=O) groups is 1. The Balaban J connectivity index is 0.000000583. The smallest absolute Gasteiger partial charge is 0.337 e. The SMILES string of the molecule is COCCOCCN.COCCOCCN=C=S.COCCOCCN=C=S.COCCOCCn1c(NC(C)(C)C)nc2c(I)cccc2c1=O.COCCOCCn1c(SC)nc2c(I)cccc2c1=O.Nc1c(I)cccc1C(=O)O.S=C(n1ccnc1)n1ccnc1. The van der Waals surface area contributed by atoms with Gasteiger partial charge in [-0.3, -0.25) is 27.9 Å². The zero-order valence-corrected chi connectivity index (χ0v) is 65.2. The number of nitrogens with zero attached hydrogens (tertiary/aromatic N) is 10. The molecule has 0 radical (unpaired) electrons. The number of isothiocyanates is 2. The molecular formula is C62H88I3N13O14S4. The Labute approximate surface area is 621 Å². The van der Waals surface area contributed by atoms with Crippen LogP contribution in [0, 0.1) is 10.7 Å². The predicted octanol–water partition coefficient (Wildman–Crippen LogP) is 8.71. The second-order valence-electron chi connectivity index (χ2n) is 19.6. The van der Waals surface area contributed by atoms with E-state index in [4.69, 9.17) is 81.1 Å². The van der Waals surface area contributed by atoms with Gasteiger partial charge >= 0.3 is 5.97 Å². The number of hydrogen-bond donors (Lipinski definition) is 4. The van der Waals surface area contributed by atoms with Crippen LogP contribution in [0.2, 0.25) is 0 Å². The first-order valence-corrected chi connectivity index (χ1v) is 35.0. The number of imidazole rings is 2. The molecule has 0 saturated carbocycles. The number of halogens is 3. The van der Waals surface area contributed by atoms with Crippen LogP contribution < -0.4 is 27.9 Å². The highest BCUT2D eigenvalue weighted by Gasteiger charge is 2.18. The molecule has 96 heavy (non-hydrogen) atoms. The minimum atomic E-state index is -0.985. The Morgan fingerprint density at radius 3 is 1.41 bits per heavy atom. The standard InChI is InChI=1S/C17H24IN3O3.C14H17IN2O3S.C7H6INO2.C7H6N4S.2C6H11NO2S.C5H13NO2/c1-17(2,3)20-16-19-14-12(6-5-7-13(14)18)15(22)21(16)8-9-24-11-10-23-4;1-19-8-9-20-7-6-17-13(18)10-4-3-5-11(15)12(10)16-14(17)21-2;8-5-3-1-2-4(6(5)9)7(10)11;12-7(10-3-1-8-5-10)11-4-2-9-6-11;2*1-8-4-5-9-3-2-7-6-10;1-7-4-5-8-3-2-6/h5-7H,8-11H2,1-4H3,(H,19,20);3-5H,6-9H2,1-2H3;1-3H,9H2,(H,10,11);1-6H;2*2-5H2,1H3;2-6H2,1H3. The summed E-state index contributed by atoms with van der Waals surface area (Å²) < 4.78 is 59.7. The van der Waals surface area contributed by atoms with Gasteiger partial charge in [0.25, 0.3) is 11.1 Å². The van der Waals surface area contributed by atoms with Crippen molar-refractivity contribution in [3.63, 3.8) is 0 Å². The third kappa shape index (κ3) is 38.0. The van der Waals surface area contributed by atoms with Gasteiger partial charge in [0.2, 0.25) is 5.95 Å². The zero-order chi connectivity index (χ0) is 71.4. The van der Waals surface area contributed by atoms with Crippen molar-refractivity contribution in [2.45, 2.75) is 44.6 Å². The van der Waals surface area contributed by atoms with Crippen molar-refractivity contribution in [3.05, 3.63) is 129 Å². The summed E-state index contributed by atoms with van der Waals surface area (Å²) in [6.45, 7) is 17.4. The number of methoxy groups -OCH3 is 5. The molecule has 0 bridgehead atoms. The summed E-state index contributed by atoms with van der Waals surface area (Å²) in [7, 11) is 8.19. The molecule has 4 heterocycles. The molecular weight excluding hydrogens is 1660 g/mol. The van der Waals surface area contributed by atoms with Crippen LogP contribution in [0.1, 0.15) is 31.1 Å². The molecule has 7 rings (SSSR count). The molecule has 0 fully saturated rings. The van der Waals surface area contributed by atoms with E-state index in [1.807, 2.05) is 86.0 Å². The lowest BCUT2D eigenvalue weighted by molar-refractivity contribution is 0.0653. The van der Waals surface area contributed by atoms with Crippen LogP contribution in [0.5, 0.6) is 0 Å². The molecule has 3 aromatic carbocycles. The molecule has 4 aromatic heterocycles. The fourth-order valence-corrected chi connectivity index (χ4v) is 9.63. The number of para-hydroxylation sites is 3. The lowest BCUT2D eigenvalue weighted by Crippen LogP contribution is -2.34. The van der Waals surface area contributed by atoms with Crippen LogP contribution in [0.3, 0.4) is 0 Å². The number of nitrogen functional groups attached to an aromatic ring is 1. The van der Waals surface area contributed by atoms with Gasteiger partial charge in [0, 0.05) is 83.1 Å². The molecule has 0 aliphatic carbocycles. The van der Waals surface area contributed by atoms with E-state index < -0.39 is 5.97 Å². The average molecular weight is 1750 g/mol. The number of hydrogen-bond acceptors (Lipinski definition) is 26. The number of thioether (sulfide) groups is 1. The third-order valence-electron chi connectivity index (χ3n) is 11.4. The Hall–Kier alpha value is -4.78. The number of anilines is 2. The highest BCUT2D eigenvalue weighted by atomic mass is 127. The molecule has 0 spiro atoms. The molecule has 27 nitrogen and oxygen atoms in total. The molecule has 0 aliphatic rings.